The van der Waals surface area contributed by atoms with Gasteiger partial charge in [-0.1, -0.05) is 20.4 Å². The van der Waals surface area contributed by atoms with Crippen molar-refractivity contribution in [2.75, 3.05) is 45.8 Å². The molecule has 190 valence electrons. The quantitative estimate of drug-likeness (QED) is 0.601. The summed E-state index contributed by atoms with van der Waals surface area (Å²) in [5.41, 5.74) is 2.05. The highest BCUT2D eigenvalue weighted by Crippen LogP contribution is 2.41. The van der Waals surface area contributed by atoms with Gasteiger partial charge >= 0.3 is 0 Å². The molecule has 2 spiro atoms. The molecule has 0 aromatic heterocycles. The SMILES string of the molecule is C=C(C)N1CCCC2(CCN(C(C)C)C2)C1.CC(C)C(=O)N1CCC12CCN(C(C)C)CC2. The van der Waals surface area contributed by atoms with Gasteiger partial charge in [-0.3, -0.25) is 4.79 Å². The molecule has 4 heterocycles. The number of allylic oxidation sites excluding steroid dienone is 1. The van der Waals surface area contributed by atoms with Gasteiger partial charge in [0.05, 0.1) is 0 Å². The largest absolute Gasteiger partial charge is 0.375 e. The monoisotopic (exact) mass is 460 g/mol. The second-order valence-corrected chi connectivity index (χ2v) is 12.3. The smallest absolute Gasteiger partial charge is 0.225 e. The van der Waals surface area contributed by atoms with E-state index in [0.717, 1.165) is 19.6 Å². The van der Waals surface area contributed by atoms with E-state index in [0.29, 0.717) is 23.4 Å². The average molecular weight is 461 g/mol. The standard InChI is InChI=1S/C14H26N2O.C14H26N2/c1-11(2)13(17)16-10-7-14(16)5-8-15(9-6-14)12(3)4;1-12(2)15-8-5-6-14(10-15)7-9-16(11-14)13(3)4/h11-12H,5-10H2,1-4H3;13H,1,5-11H2,2-4H3. The van der Waals surface area contributed by atoms with Crippen molar-refractivity contribution in [2.45, 2.75) is 105 Å². The molecule has 0 aromatic carbocycles. The summed E-state index contributed by atoms with van der Waals surface area (Å²) in [4.78, 5) is 22.0. The van der Waals surface area contributed by atoms with E-state index in [2.05, 4.69) is 60.8 Å². The average Bonchev–Trinajstić information content (AvgIpc) is 3.16. The maximum atomic E-state index is 12.1. The number of likely N-dealkylation sites (tertiary alicyclic amines) is 4. The normalized spacial score (nSPS) is 27.9. The van der Waals surface area contributed by atoms with Crippen LogP contribution in [0.1, 0.15) is 87.0 Å². The summed E-state index contributed by atoms with van der Waals surface area (Å²) in [6.45, 7) is 27.8. The Morgan fingerprint density at radius 1 is 0.758 bits per heavy atom. The zero-order chi connectivity index (χ0) is 24.4. The highest BCUT2D eigenvalue weighted by Gasteiger charge is 2.49. The molecule has 1 atom stereocenters. The van der Waals surface area contributed by atoms with Gasteiger partial charge in [0, 0.05) is 73.9 Å². The third-order valence-corrected chi connectivity index (χ3v) is 8.99. The summed E-state index contributed by atoms with van der Waals surface area (Å²) < 4.78 is 0. The number of hydrogen-bond acceptors (Lipinski definition) is 4. The third-order valence-electron chi connectivity index (χ3n) is 8.99. The number of carbonyl (C=O) groups excluding carboxylic acids is 1. The molecule has 5 heteroatoms. The summed E-state index contributed by atoms with van der Waals surface area (Å²) in [6, 6.07) is 1.35. The summed E-state index contributed by atoms with van der Waals surface area (Å²) in [5, 5.41) is 0. The van der Waals surface area contributed by atoms with Crippen molar-refractivity contribution in [3.63, 3.8) is 0 Å². The molecule has 4 fully saturated rings. The number of carbonyl (C=O) groups is 1. The number of piperidine rings is 2. The van der Waals surface area contributed by atoms with E-state index in [1.54, 1.807) is 0 Å². The van der Waals surface area contributed by atoms with Crippen LogP contribution in [0, 0.1) is 11.3 Å². The molecule has 1 amide bonds. The summed E-state index contributed by atoms with van der Waals surface area (Å²) in [6.07, 6.45) is 7.71. The number of amides is 1. The first-order valence-corrected chi connectivity index (χ1v) is 13.7. The molecule has 4 aliphatic rings. The Labute approximate surface area is 204 Å². The van der Waals surface area contributed by atoms with Crippen molar-refractivity contribution in [3.8, 4) is 0 Å². The molecule has 0 saturated carbocycles. The summed E-state index contributed by atoms with van der Waals surface area (Å²) in [7, 11) is 0. The molecule has 5 nitrogen and oxygen atoms in total. The molecule has 4 saturated heterocycles. The number of hydrogen-bond donors (Lipinski definition) is 0. The van der Waals surface area contributed by atoms with E-state index < -0.39 is 0 Å². The van der Waals surface area contributed by atoms with Crippen LogP contribution in [0.5, 0.6) is 0 Å². The van der Waals surface area contributed by atoms with E-state index in [-0.39, 0.29) is 11.5 Å². The van der Waals surface area contributed by atoms with Gasteiger partial charge in [0.25, 0.3) is 0 Å². The lowest BCUT2D eigenvalue weighted by molar-refractivity contribution is -0.156. The molecule has 1 unspecified atom stereocenters. The molecule has 0 N–H and O–H groups in total. The lowest BCUT2D eigenvalue weighted by Crippen LogP contribution is -2.66. The van der Waals surface area contributed by atoms with Gasteiger partial charge in [0.15, 0.2) is 0 Å². The van der Waals surface area contributed by atoms with Crippen molar-refractivity contribution >= 4 is 5.91 Å². The first kappa shape index (κ1) is 26.5. The molecule has 4 rings (SSSR count). The van der Waals surface area contributed by atoms with Crippen LogP contribution in [0.2, 0.25) is 0 Å². The van der Waals surface area contributed by atoms with Crippen LogP contribution < -0.4 is 0 Å². The van der Waals surface area contributed by atoms with Crippen molar-refractivity contribution in [1.29, 1.82) is 0 Å². The van der Waals surface area contributed by atoms with Crippen LogP contribution in [0.25, 0.3) is 0 Å². The van der Waals surface area contributed by atoms with E-state index in [1.807, 2.05) is 13.8 Å². The van der Waals surface area contributed by atoms with Crippen LogP contribution in [-0.4, -0.2) is 88.9 Å². The Balaban J connectivity index is 0.000000186. The van der Waals surface area contributed by atoms with Crippen molar-refractivity contribution < 1.29 is 4.79 Å². The van der Waals surface area contributed by atoms with Crippen LogP contribution in [0.3, 0.4) is 0 Å². The Morgan fingerprint density at radius 3 is 1.79 bits per heavy atom. The minimum absolute atomic E-state index is 0.148. The lowest BCUT2D eigenvalue weighted by Gasteiger charge is -2.57. The second-order valence-electron chi connectivity index (χ2n) is 12.3. The van der Waals surface area contributed by atoms with Gasteiger partial charge in [0.2, 0.25) is 5.91 Å². The van der Waals surface area contributed by atoms with Gasteiger partial charge in [0.1, 0.15) is 0 Å². The van der Waals surface area contributed by atoms with Crippen LogP contribution in [0.4, 0.5) is 0 Å². The highest BCUT2D eigenvalue weighted by atomic mass is 16.2. The van der Waals surface area contributed by atoms with Crippen LogP contribution in [0.15, 0.2) is 12.3 Å². The first-order chi connectivity index (χ1) is 15.5. The summed E-state index contributed by atoms with van der Waals surface area (Å²) >= 11 is 0. The topological polar surface area (TPSA) is 30.0 Å². The first-order valence-electron chi connectivity index (χ1n) is 13.7. The Hall–Kier alpha value is -1.07. The molecule has 0 radical (unpaired) electrons. The molecule has 33 heavy (non-hydrogen) atoms. The summed E-state index contributed by atoms with van der Waals surface area (Å²) in [5.74, 6) is 0.504. The Bertz CT molecular complexity index is 679. The second kappa shape index (κ2) is 10.7. The van der Waals surface area contributed by atoms with E-state index in [9.17, 15) is 4.79 Å². The third kappa shape index (κ3) is 5.96. The zero-order valence-corrected chi connectivity index (χ0v) is 22.8. The molecular formula is C28H52N4O. The van der Waals surface area contributed by atoms with Crippen LogP contribution >= 0.6 is 0 Å². The van der Waals surface area contributed by atoms with E-state index in [4.69, 9.17) is 0 Å². The highest BCUT2D eigenvalue weighted by molar-refractivity contribution is 5.80. The zero-order valence-electron chi connectivity index (χ0n) is 22.8. The van der Waals surface area contributed by atoms with Gasteiger partial charge in [-0.25, -0.2) is 0 Å². The lowest BCUT2D eigenvalue weighted by atomic mass is 9.75. The molecule has 4 aliphatic heterocycles. The fourth-order valence-corrected chi connectivity index (χ4v) is 6.45. The predicted octanol–water partition coefficient (Wildman–Crippen LogP) is 4.83. The molecule has 0 aromatic rings. The molecule has 0 bridgehead atoms. The van der Waals surface area contributed by atoms with Gasteiger partial charge < -0.3 is 19.6 Å². The van der Waals surface area contributed by atoms with Crippen LogP contribution in [-0.2, 0) is 4.79 Å². The molecule has 0 aliphatic carbocycles. The fraction of sp³-hybridized carbons (Fsp3) is 0.893. The molecular weight excluding hydrogens is 408 g/mol. The predicted molar refractivity (Wildman–Crippen MR) is 139 cm³/mol. The van der Waals surface area contributed by atoms with E-state index >= 15 is 0 Å². The fourth-order valence-electron chi connectivity index (χ4n) is 6.45. The minimum Gasteiger partial charge on any atom is -0.375 e. The van der Waals surface area contributed by atoms with Crippen molar-refractivity contribution in [2.24, 2.45) is 11.3 Å². The van der Waals surface area contributed by atoms with Crippen molar-refractivity contribution in [1.82, 2.24) is 19.6 Å². The Morgan fingerprint density at radius 2 is 1.33 bits per heavy atom. The Kier molecular flexibility index (Phi) is 8.59. The van der Waals surface area contributed by atoms with Gasteiger partial charge in [-0.2, -0.15) is 0 Å². The van der Waals surface area contributed by atoms with Gasteiger partial charge in [-0.05, 0) is 79.7 Å². The van der Waals surface area contributed by atoms with Gasteiger partial charge in [-0.15, -0.1) is 0 Å². The minimum atomic E-state index is 0.148. The maximum Gasteiger partial charge on any atom is 0.225 e. The van der Waals surface area contributed by atoms with E-state index in [1.165, 1.54) is 70.4 Å². The number of nitrogens with zero attached hydrogens (tertiary/aromatic N) is 4. The van der Waals surface area contributed by atoms with Crippen molar-refractivity contribution in [3.05, 3.63) is 12.3 Å². The number of rotatable bonds is 4. The maximum absolute atomic E-state index is 12.1.